The molecule has 0 fully saturated rings. The molecule has 2 heterocycles. The second-order valence-corrected chi connectivity index (χ2v) is 18.3. The van der Waals surface area contributed by atoms with Crippen molar-refractivity contribution in [1.29, 1.82) is 0 Å². The molecule has 0 saturated heterocycles. The van der Waals surface area contributed by atoms with Crippen LogP contribution in [0.5, 0.6) is 23.0 Å². The Bertz CT molecular complexity index is 2720. The van der Waals surface area contributed by atoms with Crippen LogP contribution in [-0.2, 0) is 9.13 Å². The van der Waals surface area contributed by atoms with Crippen molar-refractivity contribution in [2.24, 2.45) is 0 Å². The molecule has 2 aliphatic heterocycles. The molecular weight excluding hydrogens is 785 g/mol. The number of fused-ring (bicyclic) bond motifs is 4. The van der Waals surface area contributed by atoms with Crippen LogP contribution in [-0.4, -0.2) is 20.4 Å². The highest BCUT2D eigenvalue weighted by molar-refractivity contribution is 7.71. The molecule has 2 aliphatic rings. The van der Waals surface area contributed by atoms with Crippen molar-refractivity contribution in [3.05, 3.63) is 186 Å². The number of anilines is 3. The number of nitrogens with zero attached hydrogens (tertiary/aromatic N) is 1. The van der Waals surface area contributed by atoms with E-state index in [1.807, 2.05) is 128 Å². The molecule has 9 heteroatoms. The Morgan fingerprint density at radius 2 is 1.18 bits per heavy atom. The Kier molecular flexibility index (Phi) is 12.8. The Labute approximate surface area is 352 Å². The van der Waals surface area contributed by atoms with E-state index >= 15 is 0 Å². The molecule has 7 nitrogen and oxygen atoms in total. The Balaban J connectivity index is 0.00000268. The maximum absolute atomic E-state index is 14.4. The lowest BCUT2D eigenvalue weighted by Gasteiger charge is -2.27. The molecule has 2 unspecified atom stereocenters. The molecule has 0 spiro atoms. The quantitative estimate of drug-likeness (QED) is 0.0731. The van der Waals surface area contributed by atoms with Gasteiger partial charge < -0.3 is 23.4 Å². The van der Waals surface area contributed by atoms with E-state index in [0.717, 1.165) is 62.6 Å². The minimum absolute atomic E-state index is 0.299. The second-order valence-electron chi connectivity index (χ2n) is 13.9. The van der Waals surface area contributed by atoms with Crippen LogP contribution in [0.3, 0.4) is 0 Å². The number of methoxy groups -OCH3 is 2. The highest BCUT2D eigenvalue weighted by Gasteiger charge is 2.34. The van der Waals surface area contributed by atoms with Crippen LogP contribution >= 0.6 is 14.7 Å². The number of ether oxygens (including phenoxy) is 2. The Morgan fingerprint density at radius 3 is 1.80 bits per heavy atom. The topological polar surface area (TPSA) is 74.3 Å². The predicted octanol–water partition coefficient (Wildman–Crippen LogP) is 13.7. The molecule has 0 amide bonds. The fraction of sp³-hybridized carbons (Fsp3) is 0.0980. The van der Waals surface area contributed by atoms with E-state index in [-0.39, 0.29) is 0 Å². The maximum Gasteiger partial charge on any atom is 0.300 e. The lowest BCUT2D eigenvalue weighted by Crippen LogP contribution is -2.16. The normalized spacial score (nSPS) is 18.4. The van der Waals surface area contributed by atoms with E-state index in [4.69, 9.17) is 18.5 Å². The molecule has 0 aromatic heterocycles. The average Bonchev–Trinajstić information content (AvgIpc) is 3.29. The van der Waals surface area contributed by atoms with Crippen LogP contribution in [0.1, 0.15) is 30.0 Å². The summed E-state index contributed by atoms with van der Waals surface area (Å²) >= 11 is 0. The average molecular weight is 830 g/mol. The van der Waals surface area contributed by atoms with Crippen LogP contribution in [0.4, 0.5) is 17.1 Å². The van der Waals surface area contributed by atoms with E-state index in [1.165, 1.54) is 0 Å². The highest BCUT2D eigenvalue weighted by Crippen LogP contribution is 2.58. The van der Waals surface area contributed by atoms with Gasteiger partial charge in [0.1, 0.15) is 23.0 Å². The molecule has 6 aromatic carbocycles. The largest absolute Gasteiger partial charge is 0.497 e. The van der Waals surface area contributed by atoms with Crippen LogP contribution in [0, 0.1) is 12.8 Å². The number of para-hydroxylation sites is 1. The molecule has 8 rings (SSSR count). The molecule has 0 radical (unpaired) electrons. The predicted molar refractivity (Wildman–Crippen MR) is 249 cm³/mol. The summed E-state index contributed by atoms with van der Waals surface area (Å²) in [5.41, 5.74) is 8.30. The van der Waals surface area contributed by atoms with Crippen molar-refractivity contribution in [2.75, 3.05) is 25.3 Å². The lowest BCUT2D eigenvalue weighted by molar-refractivity contribution is 0.413. The molecule has 0 saturated carbocycles. The zero-order chi connectivity index (χ0) is 42.1. The summed E-state index contributed by atoms with van der Waals surface area (Å²) in [5, 5.41) is 0.656. The molecule has 2 atom stereocenters. The van der Waals surface area contributed by atoms with Gasteiger partial charge in [-0.15, -0.1) is 12.8 Å². The third kappa shape index (κ3) is 8.97. The van der Waals surface area contributed by atoms with Crippen LogP contribution in [0.15, 0.2) is 169 Å². The van der Waals surface area contributed by atoms with Gasteiger partial charge in [0.2, 0.25) is 0 Å². The van der Waals surface area contributed by atoms with E-state index in [1.54, 1.807) is 25.9 Å². The first kappa shape index (κ1) is 41.5. The van der Waals surface area contributed by atoms with Gasteiger partial charge in [-0.1, -0.05) is 78.9 Å². The van der Waals surface area contributed by atoms with Crippen molar-refractivity contribution in [1.82, 2.24) is 0 Å². The summed E-state index contributed by atoms with van der Waals surface area (Å²) in [6, 6.07) is 45.2. The second kappa shape index (κ2) is 18.5. The summed E-state index contributed by atoms with van der Waals surface area (Å²) < 4.78 is 51.9. The van der Waals surface area contributed by atoms with Crippen molar-refractivity contribution in [3.8, 4) is 47.0 Å². The summed E-state index contributed by atoms with van der Waals surface area (Å²) in [6.45, 7) is 1.99. The molecule has 6 aromatic rings. The van der Waals surface area contributed by atoms with Crippen LogP contribution in [0.25, 0.3) is 28.9 Å². The lowest BCUT2D eigenvalue weighted by atomic mass is 10.0. The molecule has 0 N–H and O–H groups in total. The van der Waals surface area contributed by atoms with Gasteiger partial charge in [-0.25, -0.2) is 0 Å². The number of allylic oxidation sites excluding steroid dienone is 4. The first-order chi connectivity index (χ1) is 29.3. The third-order valence-electron chi connectivity index (χ3n) is 10.1. The van der Waals surface area contributed by atoms with Gasteiger partial charge in [-0.2, -0.15) is 0 Å². The van der Waals surface area contributed by atoms with E-state index in [9.17, 15) is 9.13 Å². The summed E-state index contributed by atoms with van der Waals surface area (Å²) in [7, 11) is -3.29. The first-order valence-electron chi connectivity index (χ1n) is 19.4. The zero-order valence-corrected chi connectivity index (χ0v) is 35.5. The van der Waals surface area contributed by atoms with E-state index in [0.29, 0.717) is 28.7 Å². The van der Waals surface area contributed by atoms with Gasteiger partial charge in [-0.05, 0) is 127 Å². The number of hydrogen-bond donors (Lipinski definition) is 0. The van der Waals surface area contributed by atoms with Crippen LogP contribution in [0.2, 0.25) is 0 Å². The highest BCUT2D eigenvalue weighted by atomic mass is 31.2. The van der Waals surface area contributed by atoms with E-state index in [2.05, 4.69) is 66.3 Å². The van der Waals surface area contributed by atoms with Gasteiger partial charge in [0.05, 0.1) is 25.7 Å². The van der Waals surface area contributed by atoms with Crippen molar-refractivity contribution in [3.63, 3.8) is 0 Å². The van der Waals surface area contributed by atoms with Crippen LogP contribution < -0.4 is 28.7 Å². The van der Waals surface area contributed by atoms with Gasteiger partial charge in [0.25, 0.3) is 14.7 Å². The minimum atomic E-state index is -3.37. The Morgan fingerprint density at radius 1 is 0.633 bits per heavy atom. The van der Waals surface area contributed by atoms with Gasteiger partial charge in [-0.3, -0.25) is 9.13 Å². The maximum atomic E-state index is 14.4. The summed E-state index contributed by atoms with van der Waals surface area (Å²) in [5.74, 6) is 6.01. The monoisotopic (exact) mass is 829 g/mol. The van der Waals surface area contributed by atoms with E-state index < -0.39 is 14.7 Å². The smallest absolute Gasteiger partial charge is 0.300 e. The fourth-order valence-corrected chi connectivity index (χ4v) is 11.0. The number of rotatable bonds is 11. The van der Waals surface area contributed by atoms with Crippen molar-refractivity contribution < 1.29 is 27.7 Å². The molecule has 300 valence electrons. The summed E-state index contributed by atoms with van der Waals surface area (Å²) in [6.07, 6.45) is 19.0. The zero-order valence-electron chi connectivity index (χ0n) is 33.7. The third-order valence-corrected chi connectivity index (χ3v) is 14.1. The molecule has 0 bridgehead atoms. The minimum Gasteiger partial charge on any atom is -0.497 e. The molecule has 0 aliphatic carbocycles. The van der Waals surface area contributed by atoms with Gasteiger partial charge >= 0.3 is 0 Å². The van der Waals surface area contributed by atoms with Crippen molar-refractivity contribution in [2.45, 2.75) is 13.3 Å². The number of terminal acetylenes is 1. The number of benzene rings is 6. The van der Waals surface area contributed by atoms with Gasteiger partial charge in [0, 0.05) is 39.8 Å². The first-order valence-corrected chi connectivity index (χ1v) is 23.0. The molecular formula is C51H45NO6P2. The fourth-order valence-electron chi connectivity index (χ4n) is 7.17. The van der Waals surface area contributed by atoms with Crippen molar-refractivity contribution >= 4 is 54.8 Å². The SMILES string of the molecule is C#C.C/C=C\C/C=C1\CP(=O)(/C=C/c2ccc(N(c3ccccc3)c3ccc(/C=C/P4(=O)Oc5ccc(OC)cc5-c5ccccc54)cc3)cc2)Oc2ccc(OC)cc21. The van der Waals surface area contributed by atoms with Gasteiger partial charge in [0.15, 0.2) is 0 Å². The number of hydrogen-bond acceptors (Lipinski definition) is 7. The molecule has 60 heavy (non-hydrogen) atoms. The standard InChI is InChI=1S/C49H43NO6P2.C2H2/c1-4-5-7-12-38-35-57(51,55-47-27-25-42(53-2)33-45(38)47)31-29-36-17-21-40(22-18-36)50(39-13-8-6-9-14-39)41-23-19-37(20-24-41)30-32-58(52)49-16-11-10-15-44(49)46-34-43(54-3)26-28-48(46)56-58;1-2/h4-6,8-34H,7,35H2,1-3H3;1-2H/b5-4-,31-29+,32-30+,38-12+;. The Hall–Kier alpha value is -6.70. The summed E-state index contributed by atoms with van der Waals surface area (Å²) in [4.78, 5) is 2.17.